The van der Waals surface area contributed by atoms with E-state index >= 15 is 0 Å². The molecule has 7 aliphatic carbocycles. The molecule has 6 fully saturated rings. The maximum atomic E-state index is 14.3. The zero-order valence-electron chi connectivity index (χ0n) is 38.3. The lowest BCUT2D eigenvalue weighted by Crippen LogP contribution is -2.73. The highest BCUT2D eigenvalue weighted by Crippen LogP contribution is 2.84. The van der Waals surface area contributed by atoms with Crippen molar-refractivity contribution in [2.24, 2.45) is 67.5 Å². The van der Waals surface area contributed by atoms with Gasteiger partial charge in [0.25, 0.3) is 0 Å². The molecule has 8 aliphatic rings. The Morgan fingerprint density at radius 2 is 1.73 bits per heavy atom. The van der Waals surface area contributed by atoms with Crippen molar-refractivity contribution >= 4 is 18.2 Å². The first-order chi connectivity index (χ1) is 29.9. The highest BCUT2D eigenvalue weighted by molar-refractivity contribution is 5.79. The van der Waals surface area contributed by atoms with Crippen molar-refractivity contribution in [3.63, 3.8) is 0 Å². The van der Waals surface area contributed by atoms with Crippen LogP contribution in [0.5, 0.6) is 0 Å². The zero-order chi connectivity index (χ0) is 45.1. The molecule has 0 aromatic carbocycles. The summed E-state index contributed by atoms with van der Waals surface area (Å²) >= 11 is 0. The Bertz CT molecular complexity index is 2030. The SMILES string of the molecule is CCc1c[nH]cc1CCC12C3CCC4C=C5C67C=CCC(C)(CC(COC)C6(C(=O)O)CCC5(CCC=O)C(C)(CCC1C(C)(C)C(OC1OC(C(=O)O)C(O)C(O)C1O)C3)C42)C7. The molecule has 348 valence electrons. The molecule has 6 N–H and O–H groups in total. The molecular weight excluding hydrogens is 803 g/mol. The molecule has 17 unspecified atom stereocenters. The van der Waals surface area contributed by atoms with Crippen LogP contribution in [0.4, 0.5) is 0 Å². The van der Waals surface area contributed by atoms with Crippen LogP contribution in [0.1, 0.15) is 129 Å². The number of aromatic amines is 1. The van der Waals surface area contributed by atoms with Gasteiger partial charge in [-0.1, -0.05) is 58.4 Å². The Balaban J connectivity index is 1.20. The summed E-state index contributed by atoms with van der Waals surface area (Å²) in [7, 11) is 1.70. The molecule has 9 rings (SSSR count). The molecule has 1 aromatic rings. The molecule has 12 heteroatoms. The number of fused-ring (bicyclic) bond motifs is 3. The number of methoxy groups -OCH3 is 1. The molecule has 1 aromatic heterocycles. The van der Waals surface area contributed by atoms with Gasteiger partial charge < -0.3 is 49.5 Å². The summed E-state index contributed by atoms with van der Waals surface area (Å²) in [4.78, 5) is 42.5. The van der Waals surface area contributed by atoms with Gasteiger partial charge in [-0.3, -0.25) is 4.79 Å². The van der Waals surface area contributed by atoms with Crippen LogP contribution < -0.4 is 0 Å². The summed E-state index contributed by atoms with van der Waals surface area (Å²) in [6.07, 6.45) is 15.7. The molecule has 1 saturated heterocycles. The fourth-order valence-corrected chi connectivity index (χ4v) is 17.9. The lowest BCUT2D eigenvalue weighted by molar-refractivity contribution is -0.335. The summed E-state index contributed by atoms with van der Waals surface area (Å²) in [6, 6.07) is 0. The Morgan fingerprint density at radius 1 is 0.968 bits per heavy atom. The van der Waals surface area contributed by atoms with Crippen LogP contribution in [-0.2, 0) is 41.4 Å². The third kappa shape index (κ3) is 6.08. The molecule has 1 aliphatic heterocycles. The normalized spacial score (nSPS) is 48.0. The monoisotopic (exact) mass is 876 g/mol. The molecule has 63 heavy (non-hydrogen) atoms. The van der Waals surface area contributed by atoms with E-state index in [1.165, 1.54) is 16.7 Å². The first-order valence-electron chi connectivity index (χ1n) is 24.2. The minimum atomic E-state index is -1.80. The van der Waals surface area contributed by atoms with Gasteiger partial charge in [-0.2, -0.15) is 0 Å². The minimum Gasteiger partial charge on any atom is -0.481 e. The molecule has 12 nitrogen and oxygen atoms in total. The second kappa shape index (κ2) is 15.6. The zero-order valence-corrected chi connectivity index (χ0v) is 38.3. The maximum Gasteiger partial charge on any atom is 0.335 e. The van der Waals surface area contributed by atoms with E-state index in [0.717, 1.165) is 70.5 Å². The van der Waals surface area contributed by atoms with Gasteiger partial charge in [0.2, 0.25) is 0 Å². The fourth-order valence-electron chi connectivity index (χ4n) is 17.9. The van der Waals surface area contributed by atoms with Crippen LogP contribution in [0.15, 0.2) is 36.2 Å². The fraction of sp³-hybridized carbons (Fsp3) is 0.784. The van der Waals surface area contributed by atoms with Crippen LogP contribution in [-0.4, -0.2) is 99.3 Å². The van der Waals surface area contributed by atoms with Crippen LogP contribution in [0.25, 0.3) is 0 Å². The summed E-state index contributed by atoms with van der Waals surface area (Å²) < 4.78 is 18.4. The van der Waals surface area contributed by atoms with Crippen molar-refractivity contribution in [3.05, 3.63) is 47.3 Å². The second-order valence-corrected chi connectivity index (χ2v) is 22.9. The minimum absolute atomic E-state index is 0.0794. The van der Waals surface area contributed by atoms with Gasteiger partial charge in [0, 0.05) is 37.3 Å². The van der Waals surface area contributed by atoms with Gasteiger partial charge in [0.1, 0.15) is 24.6 Å². The number of aromatic nitrogens is 1. The summed E-state index contributed by atoms with van der Waals surface area (Å²) in [5, 5.41) is 54.1. The Hall–Kier alpha value is -2.87. The van der Waals surface area contributed by atoms with Crippen molar-refractivity contribution in [2.45, 2.75) is 168 Å². The number of H-pyrrole nitrogens is 1. The first-order valence-corrected chi connectivity index (χ1v) is 24.2. The number of aliphatic hydroxyl groups excluding tert-OH is 3. The molecule has 5 saturated carbocycles. The van der Waals surface area contributed by atoms with E-state index in [2.05, 4.69) is 70.2 Å². The molecule has 2 bridgehead atoms. The number of aryl methyl sites for hydroxylation is 2. The predicted molar refractivity (Wildman–Crippen MR) is 233 cm³/mol. The van der Waals surface area contributed by atoms with Gasteiger partial charge in [0.15, 0.2) is 12.4 Å². The highest BCUT2D eigenvalue weighted by Gasteiger charge is 2.79. The van der Waals surface area contributed by atoms with Crippen LogP contribution in [0, 0.1) is 67.5 Å². The number of aliphatic hydroxyl groups is 3. The van der Waals surface area contributed by atoms with Crippen molar-refractivity contribution in [1.29, 1.82) is 0 Å². The van der Waals surface area contributed by atoms with E-state index in [9.17, 15) is 39.9 Å². The topological polar surface area (TPSA) is 196 Å². The van der Waals surface area contributed by atoms with E-state index in [4.69, 9.17) is 14.2 Å². The van der Waals surface area contributed by atoms with E-state index in [-0.39, 0.29) is 45.8 Å². The van der Waals surface area contributed by atoms with Crippen LogP contribution >= 0.6 is 0 Å². The van der Waals surface area contributed by atoms with E-state index in [1.807, 2.05) is 0 Å². The standard InChI is InChI=1S/C51H73NO11/c1-7-29-25-52-26-31(29)12-18-50-32-11-10-30-22-35-48(16-9-21-53,19-20-51(44(59)60)33(27-61-6)24-46(4)14-8-15-49(35,51)28-46)47(5,41(30)50)17-13-34(50)45(2,3)36(23-32)62-43-39(56)37(54)38(55)40(63-43)42(57)58/h8,15,21-22,25-26,30,32-34,36-41,43,52,54-56H,7,9-14,16-20,23-24,27-28H2,1-6H3,(H,57,58)(H,59,60). The number of hydrogen-bond donors (Lipinski definition) is 6. The van der Waals surface area contributed by atoms with E-state index < -0.39 is 70.4 Å². The van der Waals surface area contributed by atoms with Gasteiger partial charge in [-0.05, 0) is 152 Å². The number of ether oxygens (including phenoxy) is 3. The molecule has 0 amide bonds. The molecule has 1 spiro atoms. The van der Waals surface area contributed by atoms with Gasteiger partial charge in [-0.15, -0.1) is 0 Å². The third-order valence-electron chi connectivity index (χ3n) is 20.2. The molecule has 17 atom stereocenters. The van der Waals surface area contributed by atoms with Crippen LogP contribution in [0.3, 0.4) is 0 Å². The molecular formula is C51H73NO11. The lowest BCUT2D eigenvalue weighted by Gasteiger charge is -2.78. The van der Waals surface area contributed by atoms with Crippen molar-refractivity contribution < 1.29 is 54.1 Å². The summed E-state index contributed by atoms with van der Waals surface area (Å²) in [6.45, 7) is 12.0. The third-order valence-corrected chi connectivity index (χ3v) is 20.2. The Kier molecular flexibility index (Phi) is 11.2. The number of nitrogens with one attached hydrogen (secondary N) is 1. The number of rotatable bonds is 13. The predicted octanol–water partition coefficient (Wildman–Crippen LogP) is 7.04. The van der Waals surface area contributed by atoms with E-state index in [1.54, 1.807) is 7.11 Å². The molecule has 0 radical (unpaired) electrons. The second-order valence-electron chi connectivity index (χ2n) is 22.9. The number of allylic oxidation sites excluding steroid dienone is 4. The van der Waals surface area contributed by atoms with Gasteiger partial charge in [-0.25, -0.2) is 4.79 Å². The molecule has 2 heterocycles. The van der Waals surface area contributed by atoms with Gasteiger partial charge >= 0.3 is 11.9 Å². The smallest absolute Gasteiger partial charge is 0.335 e. The summed E-state index contributed by atoms with van der Waals surface area (Å²) in [5.74, 6) is -1.52. The number of aldehydes is 1. The number of aliphatic carboxylic acids is 2. The average Bonchev–Trinajstić information content (AvgIpc) is 3.70. The summed E-state index contributed by atoms with van der Waals surface area (Å²) in [5.41, 5.74) is 0.814. The lowest BCUT2D eigenvalue weighted by atomic mass is 9.25. The highest BCUT2D eigenvalue weighted by atomic mass is 16.7. The average molecular weight is 876 g/mol. The Labute approximate surface area is 372 Å². The number of carbonyl (C=O) groups is 3. The number of carboxylic acids is 2. The van der Waals surface area contributed by atoms with E-state index in [0.29, 0.717) is 38.7 Å². The Morgan fingerprint density at radius 3 is 2.43 bits per heavy atom. The quantitative estimate of drug-likeness (QED) is 0.0676. The van der Waals surface area contributed by atoms with Crippen molar-refractivity contribution in [1.82, 2.24) is 4.98 Å². The van der Waals surface area contributed by atoms with Crippen LogP contribution in [0.2, 0.25) is 0 Å². The maximum absolute atomic E-state index is 14.3. The number of hydrogen-bond acceptors (Lipinski definition) is 9. The number of carboxylic acid groups (broad SMARTS) is 2. The number of carbonyl (C=O) groups excluding carboxylic acids is 1. The van der Waals surface area contributed by atoms with Crippen molar-refractivity contribution in [2.75, 3.05) is 13.7 Å². The first kappa shape index (κ1) is 45.3. The van der Waals surface area contributed by atoms with Crippen molar-refractivity contribution in [3.8, 4) is 0 Å². The van der Waals surface area contributed by atoms with Gasteiger partial charge in [0.05, 0.1) is 18.1 Å². The largest absolute Gasteiger partial charge is 0.481 e.